The van der Waals surface area contributed by atoms with Crippen molar-refractivity contribution in [1.82, 2.24) is 19.9 Å². The van der Waals surface area contributed by atoms with Crippen LogP contribution in [0, 0.1) is 0 Å². The Kier molecular flexibility index (Phi) is 4.65. The van der Waals surface area contributed by atoms with Crippen molar-refractivity contribution in [1.29, 1.82) is 0 Å². The van der Waals surface area contributed by atoms with Gasteiger partial charge in [0.05, 0.1) is 25.2 Å². The lowest BCUT2D eigenvalue weighted by Gasteiger charge is -2.09. The Morgan fingerprint density at radius 3 is 2.33 bits per heavy atom. The van der Waals surface area contributed by atoms with E-state index < -0.39 is 20.2 Å². The number of imidazole rings is 1. The summed E-state index contributed by atoms with van der Waals surface area (Å²) in [4.78, 5) is 14.9. The van der Waals surface area contributed by atoms with Gasteiger partial charge in [-0.1, -0.05) is 0 Å². The third kappa shape index (κ3) is 4.43. The first kappa shape index (κ1) is 18.8. The molecule has 2 heterocycles. The Morgan fingerprint density at radius 1 is 1.00 bits per heavy atom. The standard InChI is InChI=1S/C14H14N4O7S2/c1-23-10-6-8(24-26(2,19)20)4-5-9(10)12-17-11-13(18-12)15-7-16-14(11)25-27(3,21)22/h4-7H,1-3H3,(H,15,16,17,18). The number of hydrogen-bond donors (Lipinski definition) is 1. The highest BCUT2D eigenvalue weighted by Gasteiger charge is 2.18. The third-order valence-corrected chi connectivity index (χ3v) is 4.12. The summed E-state index contributed by atoms with van der Waals surface area (Å²) in [6, 6.07) is 4.33. The Balaban J connectivity index is 2.08. The topological polar surface area (TPSA) is 150 Å². The zero-order valence-corrected chi connectivity index (χ0v) is 16.0. The molecule has 1 N–H and O–H groups in total. The van der Waals surface area contributed by atoms with Crippen LogP contribution in [0.4, 0.5) is 0 Å². The number of aromatic amines is 1. The second-order valence-electron chi connectivity index (χ2n) is 5.40. The van der Waals surface area contributed by atoms with Gasteiger partial charge in [0.25, 0.3) is 5.88 Å². The molecule has 13 heteroatoms. The molecule has 0 spiro atoms. The van der Waals surface area contributed by atoms with E-state index in [1.165, 1.54) is 25.3 Å². The summed E-state index contributed by atoms with van der Waals surface area (Å²) in [5, 5.41) is 0. The number of hydrogen-bond acceptors (Lipinski definition) is 10. The fraction of sp³-hybridized carbons (Fsp3) is 0.214. The van der Waals surface area contributed by atoms with Crippen LogP contribution in [0.2, 0.25) is 0 Å². The molecule has 0 fully saturated rings. The first-order chi connectivity index (χ1) is 12.6. The Labute approximate surface area is 154 Å². The molecule has 3 aromatic rings. The van der Waals surface area contributed by atoms with Gasteiger partial charge in [0.2, 0.25) is 0 Å². The largest absolute Gasteiger partial charge is 0.496 e. The molecule has 0 saturated carbocycles. The number of methoxy groups -OCH3 is 1. The molecule has 0 saturated heterocycles. The highest BCUT2D eigenvalue weighted by molar-refractivity contribution is 7.86. The lowest BCUT2D eigenvalue weighted by Crippen LogP contribution is -2.07. The van der Waals surface area contributed by atoms with Gasteiger partial charge in [-0.3, -0.25) is 0 Å². The minimum atomic E-state index is -3.80. The van der Waals surface area contributed by atoms with E-state index in [2.05, 4.69) is 19.9 Å². The molecule has 27 heavy (non-hydrogen) atoms. The predicted molar refractivity (Wildman–Crippen MR) is 94.6 cm³/mol. The van der Waals surface area contributed by atoms with Gasteiger partial charge >= 0.3 is 20.2 Å². The summed E-state index contributed by atoms with van der Waals surface area (Å²) in [6.07, 6.45) is 2.93. The number of aromatic nitrogens is 4. The van der Waals surface area contributed by atoms with Crippen molar-refractivity contribution >= 4 is 31.4 Å². The summed E-state index contributed by atoms with van der Waals surface area (Å²) in [5.41, 5.74) is 0.815. The van der Waals surface area contributed by atoms with Crippen LogP contribution in [0.15, 0.2) is 24.5 Å². The van der Waals surface area contributed by atoms with Gasteiger partial charge in [-0.2, -0.15) is 21.8 Å². The second-order valence-corrected chi connectivity index (χ2v) is 8.55. The number of nitrogens with zero attached hydrogens (tertiary/aromatic N) is 3. The summed E-state index contributed by atoms with van der Waals surface area (Å²) in [7, 11) is -6.10. The molecule has 3 rings (SSSR count). The average Bonchev–Trinajstić information content (AvgIpc) is 2.97. The van der Waals surface area contributed by atoms with E-state index in [0.29, 0.717) is 5.56 Å². The fourth-order valence-corrected chi connectivity index (χ4v) is 3.10. The number of nitrogens with one attached hydrogen (secondary N) is 1. The van der Waals surface area contributed by atoms with E-state index in [9.17, 15) is 16.8 Å². The van der Waals surface area contributed by atoms with Gasteiger partial charge < -0.3 is 18.1 Å². The van der Waals surface area contributed by atoms with Gasteiger partial charge in [0, 0.05) is 6.07 Å². The second kappa shape index (κ2) is 6.66. The Bertz CT molecular complexity index is 1220. The van der Waals surface area contributed by atoms with Crippen LogP contribution in [0.5, 0.6) is 17.4 Å². The zero-order chi connectivity index (χ0) is 19.8. The van der Waals surface area contributed by atoms with Crippen LogP contribution in [0.25, 0.3) is 22.6 Å². The number of ether oxygens (including phenoxy) is 1. The summed E-state index contributed by atoms with van der Waals surface area (Å²) >= 11 is 0. The van der Waals surface area contributed by atoms with Gasteiger partial charge in [-0.25, -0.2) is 9.97 Å². The van der Waals surface area contributed by atoms with Gasteiger partial charge in [0.15, 0.2) is 5.65 Å². The van der Waals surface area contributed by atoms with Crippen LogP contribution in [-0.2, 0) is 20.2 Å². The average molecular weight is 414 g/mol. The highest BCUT2D eigenvalue weighted by atomic mass is 32.2. The molecule has 2 aromatic heterocycles. The third-order valence-electron chi connectivity index (χ3n) is 3.16. The van der Waals surface area contributed by atoms with Crippen LogP contribution in [0.3, 0.4) is 0 Å². The minimum Gasteiger partial charge on any atom is -0.496 e. The maximum atomic E-state index is 11.4. The normalized spacial score (nSPS) is 12.1. The fourth-order valence-electron chi connectivity index (χ4n) is 2.24. The van der Waals surface area contributed by atoms with Crippen molar-refractivity contribution in [2.45, 2.75) is 0 Å². The monoisotopic (exact) mass is 414 g/mol. The summed E-state index contributed by atoms with van der Waals surface area (Å²) < 4.78 is 60.2. The number of fused-ring (bicyclic) bond motifs is 1. The van der Waals surface area contributed by atoms with Gasteiger partial charge in [-0.15, -0.1) is 0 Å². The molecular weight excluding hydrogens is 400 g/mol. The van der Waals surface area contributed by atoms with E-state index >= 15 is 0 Å². The Hall–Kier alpha value is -2.93. The highest BCUT2D eigenvalue weighted by Crippen LogP contribution is 2.34. The molecule has 0 atom stereocenters. The van der Waals surface area contributed by atoms with Crippen LogP contribution in [-0.4, -0.2) is 56.4 Å². The van der Waals surface area contributed by atoms with Gasteiger partial charge in [-0.05, 0) is 12.1 Å². The molecule has 0 radical (unpaired) electrons. The lowest BCUT2D eigenvalue weighted by atomic mass is 10.2. The van der Waals surface area contributed by atoms with Gasteiger partial charge in [0.1, 0.15) is 29.2 Å². The smallest absolute Gasteiger partial charge is 0.307 e. The lowest BCUT2D eigenvalue weighted by molar-refractivity contribution is 0.413. The van der Waals surface area contributed by atoms with Crippen molar-refractivity contribution in [3.05, 3.63) is 24.5 Å². The van der Waals surface area contributed by atoms with Crippen molar-refractivity contribution in [2.24, 2.45) is 0 Å². The van der Waals surface area contributed by atoms with Crippen molar-refractivity contribution < 1.29 is 29.9 Å². The number of H-pyrrole nitrogens is 1. The molecule has 11 nitrogen and oxygen atoms in total. The van der Waals surface area contributed by atoms with Crippen molar-refractivity contribution in [3.63, 3.8) is 0 Å². The number of benzene rings is 1. The molecule has 0 aliphatic rings. The molecule has 144 valence electrons. The number of rotatable bonds is 6. The van der Waals surface area contributed by atoms with E-state index in [1.807, 2.05) is 0 Å². The van der Waals surface area contributed by atoms with E-state index in [1.54, 1.807) is 0 Å². The summed E-state index contributed by atoms with van der Waals surface area (Å²) in [6.45, 7) is 0. The maximum absolute atomic E-state index is 11.4. The molecule has 0 aliphatic carbocycles. The van der Waals surface area contributed by atoms with Crippen LogP contribution < -0.4 is 13.1 Å². The van der Waals surface area contributed by atoms with E-state index in [0.717, 1.165) is 18.8 Å². The van der Waals surface area contributed by atoms with Crippen molar-refractivity contribution in [3.8, 4) is 28.8 Å². The SMILES string of the molecule is COc1cc(OS(C)(=O)=O)ccc1-c1nc2ncnc(OS(C)(=O)=O)c2[nH]1. The van der Waals surface area contributed by atoms with Crippen LogP contribution in [0.1, 0.15) is 0 Å². The van der Waals surface area contributed by atoms with Crippen LogP contribution >= 0.6 is 0 Å². The first-order valence-electron chi connectivity index (χ1n) is 7.24. The first-order valence-corrected chi connectivity index (χ1v) is 10.9. The molecule has 0 unspecified atom stereocenters. The zero-order valence-electron chi connectivity index (χ0n) is 14.3. The minimum absolute atomic E-state index is 0.0649. The summed E-state index contributed by atoms with van der Waals surface area (Å²) in [5.74, 6) is 0.424. The molecular formula is C14H14N4O7S2. The molecule has 0 bridgehead atoms. The maximum Gasteiger partial charge on any atom is 0.307 e. The Morgan fingerprint density at radius 2 is 1.70 bits per heavy atom. The predicted octanol–water partition coefficient (Wildman–Crippen LogP) is 0.705. The molecule has 1 aromatic carbocycles. The van der Waals surface area contributed by atoms with E-state index in [-0.39, 0.29) is 34.4 Å². The molecule has 0 amide bonds. The quantitative estimate of drug-likeness (QED) is 0.571. The van der Waals surface area contributed by atoms with E-state index in [4.69, 9.17) is 13.1 Å². The molecule has 0 aliphatic heterocycles. The van der Waals surface area contributed by atoms with Crippen molar-refractivity contribution in [2.75, 3.05) is 19.6 Å².